The molecule has 2 rings (SSSR count). The van der Waals surface area contributed by atoms with Crippen LogP contribution in [0.4, 0.5) is 0 Å². The van der Waals surface area contributed by atoms with Gasteiger partial charge in [-0.25, -0.2) is 0 Å². The fourth-order valence-corrected chi connectivity index (χ4v) is 1.97. The molecule has 0 saturated carbocycles. The summed E-state index contributed by atoms with van der Waals surface area (Å²) < 4.78 is 10.4. The molecule has 0 atom stereocenters. The number of ether oxygens (including phenoxy) is 2. The van der Waals surface area contributed by atoms with Crippen LogP contribution in [0, 0.1) is 0 Å². The van der Waals surface area contributed by atoms with Crippen molar-refractivity contribution in [3.05, 3.63) is 53.6 Å². The Labute approximate surface area is 109 Å². The second kappa shape index (κ2) is 7.02. The SMILES string of the molecule is COc1ccc(C/C=C/CC2=CCOCC2)cc1. The second-order valence-electron chi connectivity index (χ2n) is 4.42. The molecule has 2 nitrogen and oxygen atoms in total. The fourth-order valence-electron chi connectivity index (χ4n) is 1.97. The summed E-state index contributed by atoms with van der Waals surface area (Å²) in [5.41, 5.74) is 2.81. The highest BCUT2D eigenvalue weighted by Gasteiger charge is 2.00. The van der Waals surface area contributed by atoms with Crippen LogP contribution in [0.1, 0.15) is 18.4 Å². The summed E-state index contributed by atoms with van der Waals surface area (Å²) in [6.07, 6.45) is 9.79. The van der Waals surface area contributed by atoms with E-state index in [-0.39, 0.29) is 0 Å². The predicted molar refractivity (Wildman–Crippen MR) is 74.0 cm³/mol. The van der Waals surface area contributed by atoms with Gasteiger partial charge in [0, 0.05) is 0 Å². The molecule has 0 unspecified atom stereocenters. The quantitative estimate of drug-likeness (QED) is 0.738. The van der Waals surface area contributed by atoms with Gasteiger partial charge in [-0.2, -0.15) is 0 Å². The molecular weight excluding hydrogens is 224 g/mol. The fraction of sp³-hybridized carbons (Fsp3) is 0.375. The van der Waals surface area contributed by atoms with E-state index in [0.717, 1.165) is 38.2 Å². The van der Waals surface area contributed by atoms with Gasteiger partial charge >= 0.3 is 0 Å². The van der Waals surface area contributed by atoms with Gasteiger partial charge in [0.15, 0.2) is 0 Å². The Morgan fingerprint density at radius 1 is 1.17 bits per heavy atom. The van der Waals surface area contributed by atoms with Crippen molar-refractivity contribution < 1.29 is 9.47 Å². The molecule has 1 aliphatic rings. The topological polar surface area (TPSA) is 18.5 Å². The van der Waals surface area contributed by atoms with Crippen molar-refractivity contribution in [2.24, 2.45) is 0 Å². The Morgan fingerprint density at radius 2 is 1.94 bits per heavy atom. The number of hydrogen-bond donors (Lipinski definition) is 0. The lowest BCUT2D eigenvalue weighted by Crippen LogP contribution is -2.03. The average Bonchev–Trinajstić information content (AvgIpc) is 2.45. The van der Waals surface area contributed by atoms with Crippen molar-refractivity contribution in [2.45, 2.75) is 19.3 Å². The molecule has 0 amide bonds. The molecule has 18 heavy (non-hydrogen) atoms. The van der Waals surface area contributed by atoms with Gasteiger partial charge in [-0.1, -0.05) is 35.9 Å². The molecule has 0 saturated heterocycles. The number of allylic oxidation sites excluding steroid dienone is 2. The minimum Gasteiger partial charge on any atom is -0.497 e. The van der Waals surface area contributed by atoms with Gasteiger partial charge in [0.2, 0.25) is 0 Å². The monoisotopic (exact) mass is 244 g/mol. The van der Waals surface area contributed by atoms with Crippen molar-refractivity contribution in [2.75, 3.05) is 20.3 Å². The molecule has 0 aromatic heterocycles. The highest BCUT2D eigenvalue weighted by Crippen LogP contribution is 2.14. The van der Waals surface area contributed by atoms with Crippen LogP contribution >= 0.6 is 0 Å². The number of methoxy groups -OCH3 is 1. The van der Waals surface area contributed by atoms with E-state index < -0.39 is 0 Å². The smallest absolute Gasteiger partial charge is 0.118 e. The van der Waals surface area contributed by atoms with E-state index in [1.807, 2.05) is 12.1 Å². The molecule has 0 spiro atoms. The molecule has 2 heteroatoms. The maximum Gasteiger partial charge on any atom is 0.118 e. The first kappa shape index (κ1) is 12.9. The van der Waals surface area contributed by atoms with E-state index in [4.69, 9.17) is 9.47 Å². The Balaban J connectivity index is 1.77. The van der Waals surface area contributed by atoms with Crippen molar-refractivity contribution in [3.8, 4) is 5.75 Å². The van der Waals surface area contributed by atoms with E-state index in [2.05, 4.69) is 30.4 Å². The van der Waals surface area contributed by atoms with Crippen LogP contribution in [0.25, 0.3) is 0 Å². The molecule has 0 N–H and O–H groups in total. The van der Waals surface area contributed by atoms with Crippen LogP contribution in [0.15, 0.2) is 48.1 Å². The van der Waals surface area contributed by atoms with Crippen molar-refractivity contribution in [3.63, 3.8) is 0 Å². The van der Waals surface area contributed by atoms with Gasteiger partial charge in [-0.3, -0.25) is 0 Å². The first-order valence-corrected chi connectivity index (χ1v) is 6.42. The van der Waals surface area contributed by atoms with Gasteiger partial charge in [0.1, 0.15) is 5.75 Å². The maximum atomic E-state index is 5.28. The van der Waals surface area contributed by atoms with Crippen LogP contribution in [0.2, 0.25) is 0 Å². The highest BCUT2D eigenvalue weighted by atomic mass is 16.5. The normalized spacial score (nSPS) is 15.7. The number of rotatable bonds is 5. The van der Waals surface area contributed by atoms with E-state index in [0.29, 0.717) is 0 Å². The van der Waals surface area contributed by atoms with Crippen LogP contribution in [-0.4, -0.2) is 20.3 Å². The van der Waals surface area contributed by atoms with Gasteiger partial charge in [0.25, 0.3) is 0 Å². The molecule has 1 aromatic carbocycles. The molecule has 0 aliphatic carbocycles. The summed E-state index contributed by atoms with van der Waals surface area (Å²) in [6, 6.07) is 8.22. The summed E-state index contributed by atoms with van der Waals surface area (Å²) in [5.74, 6) is 0.912. The molecule has 0 fully saturated rings. The lowest BCUT2D eigenvalue weighted by atomic mass is 10.1. The molecule has 0 bridgehead atoms. The molecule has 0 radical (unpaired) electrons. The van der Waals surface area contributed by atoms with Crippen molar-refractivity contribution in [1.29, 1.82) is 0 Å². The zero-order chi connectivity index (χ0) is 12.6. The number of benzene rings is 1. The molecule has 1 heterocycles. The van der Waals surface area contributed by atoms with Crippen LogP contribution in [0.5, 0.6) is 5.75 Å². The van der Waals surface area contributed by atoms with E-state index >= 15 is 0 Å². The third kappa shape index (κ3) is 4.04. The first-order chi connectivity index (χ1) is 8.88. The van der Waals surface area contributed by atoms with E-state index in [1.165, 1.54) is 11.1 Å². The minimum atomic E-state index is 0.779. The van der Waals surface area contributed by atoms with Gasteiger partial charge in [-0.05, 0) is 37.0 Å². The largest absolute Gasteiger partial charge is 0.497 e. The standard InChI is InChI=1S/C16H20O2/c1-17-16-8-6-14(7-9-16)4-2-3-5-15-10-12-18-13-11-15/h2-3,6-10H,4-5,11-13H2,1H3/b3-2+. The second-order valence-corrected chi connectivity index (χ2v) is 4.42. The summed E-state index contributed by atoms with van der Waals surface area (Å²) in [5, 5.41) is 0. The molecule has 96 valence electrons. The lowest BCUT2D eigenvalue weighted by Gasteiger charge is -2.11. The Morgan fingerprint density at radius 3 is 2.61 bits per heavy atom. The summed E-state index contributed by atoms with van der Waals surface area (Å²) in [6.45, 7) is 1.65. The van der Waals surface area contributed by atoms with Crippen LogP contribution in [0.3, 0.4) is 0 Å². The highest BCUT2D eigenvalue weighted by molar-refractivity contribution is 5.28. The zero-order valence-electron chi connectivity index (χ0n) is 10.9. The predicted octanol–water partition coefficient (Wildman–Crippen LogP) is 3.53. The average molecular weight is 244 g/mol. The summed E-state index contributed by atoms with van der Waals surface area (Å²) >= 11 is 0. The van der Waals surface area contributed by atoms with Gasteiger partial charge in [0.05, 0.1) is 20.3 Å². The van der Waals surface area contributed by atoms with Gasteiger partial charge in [-0.15, -0.1) is 0 Å². The molecule has 1 aliphatic heterocycles. The molecule has 1 aromatic rings. The number of hydrogen-bond acceptors (Lipinski definition) is 2. The van der Waals surface area contributed by atoms with Crippen molar-refractivity contribution in [1.82, 2.24) is 0 Å². The van der Waals surface area contributed by atoms with Crippen LogP contribution < -0.4 is 4.74 Å². The summed E-state index contributed by atoms with van der Waals surface area (Å²) in [4.78, 5) is 0. The zero-order valence-corrected chi connectivity index (χ0v) is 10.9. The third-order valence-electron chi connectivity index (χ3n) is 3.12. The Kier molecular flexibility index (Phi) is 5.03. The molecular formula is C16H20O2. The van der Waals surface area contributed by atoms with Gasteiger partial charge < -0.3 is 9.47 Å². The van der Waals surface area contributed by atoms with E-state index in [1.54, 1.807) is 7.11 Å². The summed E-state index contributed by atoms with van der Waals surface area (Å²) in [7, 11) is 1.69. The van der Waals surface area contributed by atoms with E-state index in [9.17, 15) is 0 Å². The third-order valence-corrected chi connectivity index (χ3v) is 3.12. The maximum absolute atomic E-state index is 5.28. The lowest BCUT2D eigenvalue weighted by molar-refractivity contribution is 0.154. The minimum absolute atomic E-state index is 0.779. The van der Waals surface area contributed by atoms with Crippen molar-refractivity contribution >= 4 is 0 Å². The first-order valence-electron chi connectivity index (χ1n) is 6.42. The van der Waals surface area contributed by atoms with Crippen LogP contribution in [-0.2, 0) is 11.2 Å². The Hall–Kier alpha value is -1.54. The Bertz CT molecular complexity index is 415.